The van der Waals surface area contributed by atoms with Crippen LogP contribution in [0.4, 0.5) is 5.69 Å². The first-order chi connectivity index (χ1) is 23.0. The number of methoxy groups -OCH3 is 1. The fourth-order valence-electron chi connectivity index (χ4n) is 9.08. The molecule has 1 aromatic carbocycles. The van der Waals surface area contributed by atoms with Crippen LogP contribution >= 0.6 is 0 Å². The van der Waals surface area contributed by atoms with E-state index in [-0.39, 0.29) is 54.1 Å². The number of ether oxygens (including phenoxy) is 2. The zero-order valence-corrected chi connectivity index (χ0v) is 27.8. The number of benzene rings is 1. The van der Waals surface area contributed by atoms with Gasteiger partial charge in [0.05, 0.1) is 18.5 Å². The van der Waals surface area contributed by atoms with Crippen molar-refractivity contribution in [3.8, 4) is 5.75 Å². The van der Waals surface area contributed by atoms with Crippen molar-refractivity contribution in [3.63, 3.8) is 0 Å². The van der Waals surface area contributed by atoms with E-state index < -0.39 is 81.9 Å². The maximum absolute atomic E-state index is 13.8. The lowest BCUT2D eigenvalue weighted by Gasteiger charge is -2.57. The Morgan fingerprint density at radius 2 is 1.84 bits per heavy atom. The smallest absolute Gasteiger partial charge is 0.328 e. The van der Waals surface area contributed by atoms with Gasteiger partial charge in [-0.2, -0.15) is 0 Å². The third kappa shape index (κ3) is 6.50. The Kier molecular flexibility index (Phi) is 9.84. The summed E-state index contributed by atoms with van der Waals surface area (Å²) < 4.78 is 9.89. The zero-order valence-electron chi connectivity index (χ0n) is 27.8. The summed E-state index contributed by atoms with van der Waals surface area (Å²) in [5, 5.41) is 35.1. The van der Waals surface area contributed by atoms with Gasteiger partial charge < -0.3 is 25.0 Å². The van der Waals surface area contributed by atoms with Gasteiger partial charge in [0.2, 0.25) is 11.7 Å². The number of hydrogen-bond donors (Lipinski definition) is 3. The molecule has 4 aliphatic rings. The summed E-state index contributed by atoms with van der Waals surface area (Å²) in [4.78, 5) is 87.3. The van der Waals surface area contributed by atoms with Crippen molar-refractivity contribution in [3.05, 3.63) is 45.5 Å². The van der Waals surface area contributed by atoms with Crippen molar-refractivity contribution in [1.82, 2.24) is 5.32 Å². The molecule has 7 atom stereocenters. The Hall–Kier alpha value is -4.46. The van der Waals surface area contributed by atoms with Crippen molar-refractivity contribution >= 4 is 40.9 Å². The number of allylic oxidation sites excluding steroid dienone is 1. The number of Topliss-reactive ketones (excluding diaryl/α,β-unsaturated/α-hetero) is 2. The second-order valence-corrected chi connectivity index (χ2v) is 14.3. The van der Waals surface area contributed by atoms with E-state index in [2.05, 4.69) is 12.2 Å². The number of nitrogens with one attached hydrogen (secondary N) is 1. The fraction of sp³-hybridized carbons (Fsp3) is 0.600. The second kappa shape index (κ2) is 13.4. The van der Waals surface area contributed by atoms with Gasteiger partial charge in [0, 0.05) is 43.1 Å². The molecule has 14 nitrogen and oxygen atoms in total. The van der Waals surface area contributed by atoms with Crippen LogP contribution in [-0.2, 0) is 44.7 Å². The van der Waals surface area contributed by atoms with Crippen LogP contribution in [0.3, 0.4) is 0 Å². The Balaban J connectivity index is 1.16. The van der Waals surface area contributed by atoms with Crippen LogP contribution in [0.5, 0.6) is 5.75 Å². The average Bonchev–Trinajstić information content (AvgIpc) is 3.33. The molecule has 49 heavy (non-hydrogen) atoms. The molecule has 3 fully saturated rings. The van der Waals surface area contributed by atoms with E-state index >= 15 is 0 Å². The molecule has 14 heteroatoms. The number of carbonyl (C=O) groups is 6. The summed E-state index contributed by atoms with van der Waals surface area (Å²) in [6, 6.07) is 2.26. The topological polar surface area (TPSA) is 217 Å². The minimum Gasteiger partial charge on any atom is -0.502 e. The van der Waals surface area contributed by atoms with Gasteiger partial charge in [-0.05, 0) is 67.1 Å². The predicted molar refractivity (Wildman–Crippen MR) is 170 cm³/mol. The van der Waals surface area contributed by atoms with Gasteiger partial charge in [-0.25, -0.2) is 4.79 Å². The van der Waals surface area contributed by atoms with Gasteiger partial charge in [-0.3, -0.25) is 34.1 Å². The number of hydrogen-bond acceptors (Lipinski definition) is 12. The number of fused-ring (bicyclic) bond motifs is 5. The van der Waals surface area contributed by atoms with Crippen molar-refractivity contribution in [2.45, 2.75) is 89.7 Å². The molecular weight excluding hydrogens is 640 g/mol. The second-order valence-electron chi connectivity index (χ2n) is 14.3. The summed E-state index contributed by atoms with van der Waals surface area (Å²) in [6.45, 7) is 3.10. The van der Waals surface area contributed by atoms with E-state index in [4.69, 9.17) is 9.47 Å². The van der Waals surface area contributed by atoms with Crippen molar-refractivity contribution < 1.29 is 53.4 Å². The van der Waals surface area contributed by atoms with Crippen LogP contribution < -0.4 is 5.32 Å². The molecule has 0 heterocycles. The standard InChI is InChI=1S/C35H42N2O12/c1-33-12-10-21(38)16-20(33)5-6-22-23-11-13-35(45,34(23,2)17-27(40)31(22)33)28(41)18-49-30(43)9-8-29(42)36-24(32(44)48-3)14-19-4-7-26(39)25(15-19)37(46)47/h4,7,15-16,22-24,31,39,45H,5-6,8-14,17-18H2,1-3H3,(H,36,42)/t22-,23-,24-,31+,33-,34-,35-/m0/s1. The molecule has 1 aromatic rings. The molecule has 1 amide bonds. The molecule has 0 saturated heterocycles. The highest BCUT2D eigenvalue weighted by molar-refractivity contribution is 5.95. The van der Waals surface area contributed by atoms with E-state index in [0.29, 0.717) is 32.1 Å². The Morgan fingerprint density at radius 3 is 2.53 bits per heavy atom. The Morgan fingerprint density at radius 1 is 1.10 bits per heavy atom. The zero-order chi connectivity index (χ0) is 35.9. The number of phenolic OH excluding ortho intramolecular Hbond substituents is 1. The van der Waals surface area contributed by atoms with E-state index in [1.165, 1.54) is 6.07 Å². The average molecular weight is 683 g/mol. The summed E-state index contributed by atoms with van der Waals surface area (Å²) in [6.07, 6.45) is 3.70. The molecule has 0 radical (unpaired) electrons. The summed E-state index contributed by atoms with van der Waals surface area (Å²) in [5.41, 5.74) is -2.63. The highest BCUT2D eigenvalue weighted by Crippen LogP contribution is 2.66. The van der Waals surface area contributed by atoms with Gasteiger partial charge >= 0.3 is 17.6 Å². The van der Waals surface area contributed by atoms with Crippen LogP contribution in [0.1, 0.15) is 77.2 Å². The first kappa shape index (κ1) is 35.8. The molecule has 0 aromatic heterocycles. The van der Waals surface area contributed by atoms with Gasteiger partial charge in [-0.15, -0.1) is 0 Å². The van der Waals surface area contributed by atoms with Crippen LogP contribution in [0, 0.1) is 38.7 Å². The number of esters is 2. The molecule has 3 N–H and O–H groups in total. The number of rotatable bonds is 11. The number of phenols is 1. The molecule has 0 aliphatic heterocycles. The Labute approximate surface area is 282 Å². The molecule has 0 unspecified atom stereocenters. The summed E-state index contributed by atoms with van der Waals surface area (Å²) >= 11 is 0. The number of nitrogens with zero attached hydrogens (tertiary/aromatic N) is 1. The third-order valence-corrected chi connectivity index (χ3v) is 11.7. The quantitative estimate of drug-likeness (QED) is 0.174. The number of nitro benzene ring substituents is 1. The number of nitro groups is 1. The summed E-state index contributed by atoms with van der Waals surface area (Å²) in [7, 11) is 1.10. The number of aliphatic hydroxyl groups is 1. The van der Waals surface area contributed by atoms with E-state index in [1.54, 1.807) is 13.0 Å². The lowest BCUT2D eigenvalue weighted by atomic mass is 9.46. The normalized spacial score (nSPS) is 30.9. The molecule has 264 valence electrons. The lowest BCUT2D eigenvalue weighted by molar-refractivity contribution is -0.385. The minimum absolute atomic E-state index is 0.00482. The third-order valence-electron chi connectivity index (χ3n) is 11.7. The first-order valence-corrected chi connectivity index (χ1v) is 16.6. The van der Waals surface area contributed by atoms with Gasteiger partial charge in [0.1, 0.15) is 17.4 Å². The SMILES string of the molecule is COC(=O)[C@H](Cc1ccc(O)c([N+](=O)[O-])c1)NC(=O)CCC(=O)OCC(=O)[C@@]1(O)CC[C@H]2[C@@H]3CCC4=CC(=O)CC[C@]4(C)[C@H]3C(=O)C[C@@]21C. The van der Waals surface area contributed by atoms with E-state index in [9.17, 15) is 49.1 Å². The highest BCUT2D eigenvalue weighted by atomic mass is 16.6. The monoisotopic (exact) mass is 682 g/mol. The van der Waals surface area contributed by atoms with E-state index in [0.717, 1.165) is 24.8 Å². The van der Waals surface area contributed by atoms with Crippen LogP contribution in [0.15, 0.2) is 29.8 Å². The molecule has 3 saturated carbocycles. The predicted octanol–water partition coefficient (Wildman–Crippen LogP) is 2.84. The maximum atomic E-state index is 13.8. The summed E-state index contributed by atoms with van der Waals surface area (Å²) in [5.74, 6) is -4.08. The van der Waals surface area contributed by atoms with Crippen LogP contribution in [0.25, 0.3) is 0 Å². The molecule has 5 rings (SSSR count). The highest BCUT2D eigenvalue weighted by Gasteiger charge is 2.68. The fourth-order valence-corrected chi connectivity index (χ4v) is 9.08. The van der Waals surface area contributed by atoms with Gasteiger partial charge in [-0.1, -0.05) is 25.5 Å². The number of ketones is 3. The molecular formula is C35H42N2O12. The largest absolute Gasteiger partial charge is 0.502 e. The van der Waals surface area contributed by atoms with Crippen molar-refractivity contribution in [2.75, 3.05) is 13.7 Å². The molecule has 0 spiro atoms. The molecule has 4 aliphatic carbocycles. The minimum atomic E-state index is -1.88. The number of aromatic hydroxyl groups is 1. The van der Waals surface area contributed by atoms with Crippen molar-refractivity contribution in [2.24, 2.45) is 28.6 Å². The lowest BCUT2D eigenvalue weighted by Crippen LogP contribution is -2.61. The van der Waals surface area contributed by atoms with Gasteiger partial charge in [0.15, 0.2) is 18.1 Å². The Bertz CT molecular complexity index is 1640. The number of carbonyl (C=O) groups excluding carboxylic acids is 6. The first-order valence-electron chi connectivity index (χ1n) is 16.6. The number of amides is 1. The van der Waals surface area contributed by atoms with Crippen molar-refractivity contribution in [1.29, 1.82) is 0 Å². The van der Waals surface area contributed by atoms with Crippen LogP contribution in [-0.4, -0.2) is 75.7 Å². The van der Waals surface area contributed by atoms with Gasteiger partial charge in [0.25, 0.3) is 0 Å². The maximum Gasteiger partial charge on any atom is 0.328 e. The molecule has 0 bridgehead atoms. The van der Waals surface area contributed by atoms with Crippen LogP contribution in [0.2, 0.25) is 0 Å². The van der Waals surface area contributed by atoms with E-state index in [1.807, 2.05) is 0 Å².